The topological polar surface area (TPSA) is 53.1 Å². The van der Waals surface area contributed by atoms with Gasteiger partial charge in [0, 0.05) is 51.1 Å². The van der Waals surface area contributed by atoms with Gasteiger partial charge in [-0.05, 0) is 44.6 Å². The Kier molecular flexibility index (Phi) is 5.48. The molecule has 0 unspecified atom stereocenters. The van der Waals surface area contributed by atoms with Crippen LogP contribution in [0.4, 0.5) is 0 Å². The monoisotopic (exact) mass is 377 g/mol. The van der Waals surface area contributed by atoms with Crippen LogP contribution < -0.4 is 0 Å². The zero-order chi connectivity index (χ0) is 19.1. The predicted molar refractivity (Wildman–Crippen MR) is 103 cm³/mol. The number of likely N-dealkylation sites (tertiary alicyclic amines) is 1. The van der Waals surface area contributed by atoms with Gasteiger partial charge in [0.05, 0.1) is 19.1 Å². The third-order valence-electron chi connectivity index (χ3n) is 7.14. The molecule has 0 aromatic carbocycles. The minimum Gasteiger partial charge on any atom is -0.376 e. The fourth-order valence-corrected chi connectivity index (χ4v) is 5.17. The fourth-order valence-electron chi connectivity index (χ4n) is 5.17. The molecule has 6 heteroatoms. The molecule has 0 radical (unpaired) electrons. The fraction of sp³-hybridized carbons (Fsp3) is 0.905. The minimum atomic E-state index is -0.0328. The quantitative estimate of drug-likeness (QED) is 0.647. The Hall–Kier alpha value is -1.14. The zero-order valence-corrected chi connectivity index (χ0v) is 17.1. The van der Waals surface area contributed by atoms with Crippen LogP contribution in [0.15, 0.2) is 0 Å². The van der Waals surface area contributed by atoms with E-state index in [0.717, 1.165) is 45.2 Å². The van der Waals surface area contributed by atoms with E-state index in [0.29, 0.717) is 49.4 Å². The van der Waals surface area contributed by atoms with Crippen LogP contribution >= 0.6 is 0 Å². The van der Waals surface area contributed by atoms with E-state index in [1.165, 1.54) is 0 Å². The first-order valence-electron chi connectivity index (χ1n) is 10.9. The molecule has 0 bridgehead atoms. The molecule has 152 valence electrons. The normalized spacial score (nSPS) is 33.1. The molecule has 2 saturated carbocycles. The maximum Gasteiger partial charge on any atom is 0.225 e. The van der Waals surface area contributed by atoms with Crippen molar-refractivity contribution < 1.29 is 14.3 Å². The summed E-state index contributed by atoms with van der Waals surface area (Å²) in [6, 6.07) is 1.28. The number of hydrogen-bond donors (Lipinski definition) is 0. The summed E-state index contributed by atoms with van der Waals surface area (Å²) in [4.78, 5) is 31.8. The van der Waals surface area contributed by atoms with Crippen molar-refractivity contribution >= 4 is 11.8 Å². The van der Waals surface area contributed by atoms with Gasteiger partial charge in [0.1, 0.15) is 0 Å². The highest BCUT2D eigenvalue weighted by Gasteiger charge is 2.51. The maximum atomic E-state index is 12.8. The van der Waals surface area contributed by atoms with Crippen LogP contribution in [-0.2, 0) is 14.3 Å². The Morgan fingerprint density at radius 3 is 2.15 bits per heavy atom. The largest absolute Gasteiger partial charge is 0.376 e. The van der Waals surface area contributed by atoms with Crippen LogP contribution in [0.5, 0.6) is 0 Å². The summed E-state index contributed by atoms with van der Waals surface area (Å²) < 4.78 is 6.14. The van der Waals surface area contributed by atoms with E-state index in [-0.39, 0.29) is 17.9 Å². The molecular weight excluding hydrogens is 342 g/mol. The van der Waals surface area contributed by atoms with Gasteiger partial charge in [0.25, 0.3) is 0 Å². The number of ether oxygens (including phenoxy) is 1. The SMILES string of the molecule is CCCN1C[C@@H](CC(=O)N(C)C2CC2)[C@H]2[C@H](CC(=O)N(C)C3CC3)OC[C@H]21. The van der Waals surface area contributed by atoms with E-state index in [1.807, 2.05) is 23.9 Å². The Labute approximate surface area is 163 Å². The summed E-state index contributed by atoms with van der Waals surface area (Å²) in [7, 11) is 3.88. The van der Waals surface area contributed by atoms with E-state index in [4.69, 9.17) is 4.74 Å². The number of hydrogen-bond acceptors (Lipinski definition) is 4. The van der Waals surface area contributed by atoms with Crippen molar-refractivity contribution in [1.29, 1.82) is 0 Å². The highest BCUT2D eigenvalue weighted by molar-refractivity contribution is 5.78. The Bertz CT molecular complexity index is 575. The third-order valence-corrected chi connectivity index (χ3v) is 7.14. The lowest BCUT2D eigenvalue weighted by atomic mass is 9.84. The third kappa shape index (κ3) is 4.02. The summed E-state index contributed by atoms with van der Waals surface area (Å²) in [5, 5.41) is 0. The molecule has 0 aromatic heterocycles. The molecule has 2 saturated heterocycles. The molecule has 4 atom stereocenters. The lowest BCUT2D eigenvalue weighted by Crippen LogP contribution is -2.37. The van der Waals surface area contributed by atoms with Crippen molar-refractivity contribution in [3.05, 3.63) is 0 Å². The number of amides is 2. The summed E-state index contributed by atoms with van der Waals surface area (Å²) in [5.41, 5.74) is 0. The van der Waals surface area contributed by atoms with Crippen molar-refractivity contribution in [2.75, 3.05) is 33.8 Å². The molecule has 4 rings (SSSR count). The van der Waals surface area contributed by atoms with Gasteiger partial charge in [-0.25, -0.2) is 0 Å². The first-order valence-corrected chi connectivity index (χ1v) is 10.9. The highest BCUT2D eigenvalue weighted by atomic mass is 16.5. The van der Waals surface area contributed by atoms with E-state index in [9.17, 15) is 9.59 Å². The number of carbonyl (C=O) groups excluding carboxylic acids is 2. The first kappa shape index (κ1) is 19.2. The van der Waals surface area contributed by atoms with E-state index in [1.54, 1.807) is 0 Å². The summed E-state index contributed by atoms with van der Waals surface area (Å²) in [5.74, 6) is 1.09. The smallest absolute Gasteiger partial charge is 0.225 e. The molecule has 0 N–H and O–H groups in total. The molecular formula is C21H35N3O3. The van der Waals surface area contributed by atoms with Crippen molar-refractivity contribution in [3.8, 4) is 0 Å². The molecule has 2 aliphatic carbocycles. The number of nitrogens with zero attached hydrogens (tertiary/aromatic N) is 3. The molecule has 4 fully saturated rings. The van der Waals surface area contributed by atoms with Crippen LogP contribution in [-0.4, -0.2) is 84.5 Å². The second-order valence-corrected chi connectivity index (χ2v) is 9.15. The van der Waals surface area contributed by atoms with Gasteiger partial charge >= 0.3 is 0 Å². The van der Waals surface area contributed by atoms with Gasteiger partial charge in [0.15, 0.2) is 0 Å². The molecule has 0 spiro atoms. The van der Waals surface area contributed by atoms with Gasteiger partial charge < -0.3 is 14.5 Å². The summed E-state index contributed by atoms with van der Waals surface area (Å²) in [6.45, 7) is 4.94. The number of fused-ring (bicyclic) bond motifs is 1. The zero-order valence-electron chi connectivity index (χ0n) is 17.1. The van der Waals surface area contributed by atoms with E-state index >= 15 is 0 Å². The van der Waals surface area contributed by atoms with Crippen molar-refractivity contribution in [2.24, 2.45) is 11.8 Å². The second-order valence-electron chi connectivity index (χ2n) is 9.15. The van der Waals surface area contributed by atoms with Crippen molar-refractivity contribution in [1.82, 2.24) is 14.7 Å². The predicted octanol–water partition coefficient (Wildman–Crippen LogP) is 1.73. The molecule has 2 aliphatic heterocycles. The van der Waals surface area contributed by atoms with Crippen molar-refractivity contribution in [2.45, 2.75) is 76.1 Å². The molecule has 2 heterocycles. The van der Waals surface area contributed by atoms with Crippen LogP contribution in [0.2, 0.25) is 0 Å². The first-order chi connectivity index (χ1) is 13.0. The van der Waals surface area contributed by atoms with Gasteiger partial charge in [-0.1, -0.05) is 6.92 Å². The van der Waals surface area contributed by atoms with Crippen LogP contribution in [0.3, 0.4) is 0 Å². The summed E-state index contributed by atoms with van der Waals surface area (Å²) >= 11 is 0. The Balaban J connectivity index is 1.42. The standard InChI is InChI=1S/C21H35N3O3/c1-4-9-24-12-14(10-19(25)22(2)15-5-6-15)21-17(24)13-27-18(21)11-20(26)23(3)16-7-8-16/h14-18,21H,4-13H2,1-3H3/t14-,17-,18+,21-/m1/s1. The Morgan fingerprint density at radius 2 is 1.59 bits per heavy atom. The highest BCUT2D eigenvalue weighted by Crippen LogP contribution is 2.42. The summed E-state index contributed by atoms with van der Waals surface area (Å²) in [6.07, 6.45) is 6.71. The Morgan fingerprint density at radius 1 is 1.00 bits per heavy atom. The minimum absolute atomic E-state index is 0.0328. The van der Waals surface area contributed by atoms with Gasteiger partial charge in [0.2, 0.25) is 11.8 Å². The van der Waals surface area contributed by atoms with Crippen LogP contribution in [0.25, 0.3) is 0 Å². The van der Waals surface area contributed by atoms with Crippen LogP contribution in [0.1, 0.15) is 51.9 Å². The molecule has 0 aromatic rings. The lowest BCUT2D eigenvalue weighted by molar-refractivity contribution is -0.133. The average Bonchev–Trinajstić information content (AvgIpc) is 3.56. The maximum absolute atomic E-state index is 12.8. The van der Waals surface area contributed by atoms with Crippen molar-refractivity contribution in [3.63, 3.8) is 0 Å². The average molecular weight is 378 g/mol. The van der Waals surface area contributed by atoms with Gasteiger partial charge in [-0.3, -0.25) is 14.5 Å². The van der Waals surface area contributed by atoms with E-state index in [2.05, 4.69) is 11.8 Å². The lowest BCUT2D eigenvalue weighted by Gasteiger charge is -2.26. The molecule has 4 aliphatic rings. The van der Waals surface area contributed by atoms with Gasteiger partial charge in [-0.15, -0.1) is 0 Å². The van der Waals surface area contributed by atoms with E-state index < -0.39 is 0 Å². The molecule has 6 nitrogen and oxygen atoms in total. The second kappa shape index (κ2) is 7.70. The van der Waals surface area contributed by atoms with Crippen LogP contribution in [0, 0.1) is 11.8 Å². The number of carbonyl (C=O) groups is 2. The molecule has 27 heavy (non-hydrogen) atoms. The van der Waals surface area contributed by atoms with Gasteiger partial charge in [-0.2, -0.15) is 0 Å². The number of rotatable bonds is 8. The molecule has 2 amide bonds.